The second kappa shape index (κ2) is 5.74. The van der Waals surface area contributed by atoms with E-state index >= 15 is 0 Å². The van der Waals surface area contributed by atoms with E-state index in [0.717, 1.165) is 6.42 Å². The summed E-state index contributed by atoms with van der Waals surface area (Å²) in [6.45, 7) is 4.42. The van der Waals surface area contributed by atoms with Crippen molar-refractivity contribution < 1.29 is 14.6 Å². The number of carbonyl (C=O) groups is 1. The molecule has 0 spiro atoms. The van der Waals surface area contributed by atoms with Crippen molar-refractivity contribution in [3.63, 3.8) is 0 Å². The van der Waals surface area contributed by atoms with Crippen molar-refractivity contribution in [1.29, 1.82) is 0 Å². The summed E-state index contributed by atoms with van der Waals surface area (Å²) >= 11 is 1.35. The third kappa shape index (κ3) is 2.98. The average Bonchev–Trinajstić information content (AvgIpc) is 2.95. The minimum atomic E-state index is -0.331. The molecule has 1 fully saturated rings. The number of rotatable bonds is 2. The van der Waals surface area contributed by atoms with Gasteiger partial charge in [-0.15, -0.1) is 11.3 Å². The topological polar surface area (TPSA) is 58.6 Å². The van der Waals surface area contributed by atoms with Crippen molar-refractivity contribution in [3.8, 4) is 11.8 Å². The highest BCUT2D eigenvalue weighted by atomic mass is 32.1. The number of hydrogen-bond acceptors (Lipinski definition) is 4. The lowest BCUT2D eigenvalue weighted by Gasteiger charge is -2.28. The number of hydrogen-bond donors (Lipinski definition) is 2. The Balaban J connectivity index is 2.14. The number of thiophene rings is 1. The molecule has 0 bridgehead atoms. The molecule has 2 atom stereocenters. The Bertz CT molecular complexity index is 528. The summed E-state index contributed by atoms with van der Waals surface area (Å²) in [7, 11) is 0. The zero-order valence-electron chi connectivity index (χ0n) is 11.0. The van der Waals surface area contributed by atoms with Crippen LogP contribution in [-0.4, -0.2) is 35.9 Å². The van der Waals surface area contributed by atoms with Crippen molar-refractivity contribution in [2.24, 2.45) is 0 Å². The van der Waals surface area contributed by atoms with Gasteiger partial charge < -0.3 is 15.2 Å². The molecule has 2 rings (SSSR count). The average molecular weight is 279 g/mol. The predicted molar refractivity (Wildman–Crippen MR) is 74.2 cm³/mol. The van der Waals surface area contributed by atoms with E-state index in [4.69, 9.17) is 9.84 Å². The Labute approximate surface area is 116 Å². The molecule has 2 heterocycles. The third-order valence-electron chi connectivity index (χ3n) is 3.46. The van der Waals surface area contributed by atoms with Gasteiger partial charge in [-0.05, 0) is 31.7 Å². The number of carbonyl (C=O) groups excluding carboxylic acids is 1. The zero-order valence-corrected chi connectivity index (χ0v) is 11.8. The Kier molecular flexibility index (Phi) is 4.25. The standard InChI is InChI=1S/C14H17NO3S/c1-10-14(2,6-8-18-10)15-13(17)12-11(4-3-7-16)5-9-19-12/h5,9-10,16H,6-8H2,1-2H3,(H,15,17). The molecular formula is C14H17NO3S. The number of amides is 1. The van der Waals surface area contributed by atoms with Gasteiger partial charge in [-0.1, -0.05) is 11.8 Å². The fourth-order valence-corrected chi connectivity index (χ4v) is 2.78. The molecule has 1 aromatic rings. The number of ether oxygens (including phenoxy) is 1. The first kappa shape index (κ1) is 14.1. The van der Waals surface area contributed by atoms with Crippen LogP contribution in [0.4, 0.5) is 0 Å². The van der Waals surface area contributed by atoms with Crippen LogP contribution < -0.4 is 5.32 Å². The molecule has 19 heavy (non-hydrogen) atoms. The SMILES string of the molecule is CC1OCCC1(C)NC(=O)c1sccc1C#CCO. The van der Waals surface area contributed by atoms with E-state index in [1.165, 1.54) is 11.3 Å². The first-order valence-corrected chi connectivity index (χ1v) is 7.06. The molecule has 0 saturated carbocycles. The molecule has 0 radical (unpaired) electrons. The molecule has 1 aromatic heterocycles. The molecule has 102 valence electrons. The minimum absolute atomic E-state index is 0.00314. The summed E-state index contributed by atoms with van der Waals surface area (Å²) in [6, 6.07) is 1.79. The summed E-state index contributed by atoms with van der Waals surface area (Å²) in [5, 5.41) is 13.6. The molecule has 2 unspecified atom stereocenters. The summed E-state index contributed by atoms with van der Waals surface area (Å²) in [6.07, 6.45) is 0.812. The summed E-state index contributed by atoms with van der Waals surface area (Å²) in [4.78, 5) is 12.9. The van der Waals surface area contributed by atoms with Crippen LogP contribution in [-0.2, 0) is 4.74 Å². The van der Waals surface area contributed by atoms with Gasteiger partial charge in [0.2, 0.25) is 0 Å². The lowest BCUT2D eigenvalue weighted by atomic mass is 9.94. The lowest BCUT2D eigenvalue weighted by Crippen LogP contribution is -2.50. The molecule has 2 N–H and O–H groups in total. The van der Waals surface area contributed by atoms with E-state index in [0.29, 0.717) is 17.0 Å². The Morgan fingerprint density at radius 3 is 3.16 bits per heavy atom. The van der Waals surface area contributed by atoms with Gasteiger partial charge in [0.1, 0.15) is 11.5 Å². The van der Waals surface area contributed by atoms with Gasteiger partial charge >= 0.3 is 0 Å². The molecule has 1 amide bonds. The van der Waals surface area contributed by atoms with Crippen molar-refractivity contribution in [2.75, 3.05) is 13.2 Å². The fraction of sp³-hybridized carbons (Fsp3) is 0.500. The summed E-state index contributed by atoms with van der Waals surface area (Å²) in [5.41, 5.74) is 0.328. The smallest absolute Gasteiger partial charge is 0.263 e. The van der Waals surface area contributed by atoms with Crippen LogP contribution in [0.15, 0.2) is 11.4 Å². The monoisotopic (exact) mass is 279 g/mol. The quantitative estimate of drug-likeness (QED) is 0.804. The summed E-state index contributed by atoms with van der Waals surface area (Å²) < 4.78 is 5.51. The molecule has 0 aliphatic carbocycles. The molecule has 1 saturated heterocycles. The lowest BCUT2D eigenvalue weighted by molar-refractivity contribution is 0.0730. The minimum Gasteiger partial charge on any atom is -0.384 e. The van der Waals surface area contributed by atoms with Crippen LogP contribution in [0, 0.1) is 11.8 Å². The molecule has 5 heteroatoms. The van der Waals surface area contributed by atoms with Crippen LogP contribution in [0.5, 0.6) is 0 Å². The second-order valence-electron chi connectivity index (χ2n) is 4.76. The highest BCUT2D eigenvalue weighted by molar-refractivity contribution is 7.12. The third-order valence-corrected chi connectivity index (χ3v) is 4.37. The molecule has 0 aromatic carbocycles. The molecule has 1 aliphatic heterocycles. The van der Waals surface area contributed by atoms with Crippen LogP contribution in [0.1, 0.15) is 35.5 Å². The van der Waals surface area contributed by atoms with E-state index in [1.807, 2.05) is 19.2 Å². The second-order valence-corrected chi connectivity index (χ2v) is 5.67. The van der Waals surface area contributed by atoms with E-state index in [-0.39, 0.29) is 24.2 Å². The van der Waals surface area contributed by atoms with Crippen LogP contribution in [0.25, 0.3) is 0 Å². The van der Waals surface area contributed by atoms with E-state index < -0.39 is 0 Å². The molecule has 4 nitrogen and oxygen atoms in total. The van der Waals surface area contributed by atoms with Gasteiger partial charge in [0, 0.05) is 12.2 Å². The van der Waals surface area contributed by atoms with Gasteiger partial charge in [0.25, 0.3) is 5.91 Å². The highest BCUT2D eigenvalue weighted by Gasteiger charge is 2.38. The number of nitrogens with one attached hydrogen (secondary N) is 1. The van der Waals surface area contributed by atoms with E-state index in [1.54, 1.807) is 6.07 Å². The van der Waals surface area contributed by atoms with Gasteiger partial charge in [0.05, 0.1) is 11.6 Å². The van der Waals surface area contributed by atoms with Gasteiger partial charge in [-0.2, -0.15) is 0 Å². The van der Waals surface area contributed by atoms with Gasteiger partial charge in [0.15, 0.2) is 0 Å². The van der Waals surface area contributed by atoms with Crippen LogP contribution in [0.3, 0.4) is 0 Å². The van der Waals surface area contributed by atoms with E-state index in [2.05, 4.69) is 17.2 Å². The molecular weight excluding hydrogens is 262 g/mol. The van der Waals surface area contributed by atoms with Crippen molar-refractivity contribution in [2.45, 2.75) is 31.9 Å². The van der Waals surface area contributed by atoms with Crippen molar-refractivity contribution in [3.05, 3.63) is 21.9 Å². The first-order valence-electron chi connectivity index (χ1n) is 6.18. The maximum atomic E-state index is 12.3. The van der Waals surface area contributed by atoms with Crippen molar-refractivity contribution >= 4 is 17.2 Å². The largest absolute Gasteiger partial charge is 0.384 e. The van der Waals surface area contributed by atoms with Crippen LogP contribution >= 0.6 is 11.3 Å². The number of aliphatic hydroxyl groups is 1. The summed E-state index contributed by atoms with van der Waals surface area (Å²) in [5.74, 6) is 5.23. The van der Waals surface area contributed by atoms with Crippen LogP contribution in [0.2, 0.25) is 0 Å². The predicted octanol–water partition coefficient (Wildman–Crippen LogP) is 1.39. The molecule has 1 aliphatic rings. The van der Waals surface area contributed by atoms with Gasteiger partial charge in [-0.3, -0.25) is 4.79 Å². The zero-order chi connectivity index (χ0) is 13.9. The maximum Gasteiger partial charge on any atom is 0.263 e. The number of aliphatic hydroxyl groups excluding tert-OH is 1. The van der Waals surface area contributed by atoms with Gasteiger partial charge in [-0.25, -0.2) is 0 Å². The highest BCUT2D eigenvalue weighted by Crippen LogP contribution is 2.26. The van der Waals surface area contributed by atoms with Crippen molar-refractivity contribution in [1.82, 2.24) is 5.32 Å². The maximum absolute atomic E-state index is 12.3. The Morgan fingerprint density at radius 1 is 1.74 bits per heavy atom. The Hall–Kier alpha value is -1.35. The van der Waals surface area contributed by atoms with E-state index in [9.17, 15) is 4.79 Å². The Morgan fingerprint density at radius 2 is 2.53 bits per heavy atom. The normalized spacial score (nSPS) is 25.7. The first-order chi connectivity index (χ1) is 9.07. The fourth-order valence-electron chi connectivity index (χ4n) is 2.03.